The Balaban J connectivity index is 3.16. The zero-order chi connectivity index (χ0) is 14.1. The molecular weight excluding hydrogens is 268 g/mol. The molecule has 0 bridgehead atoms. The second-order valence-corrected chi connectivity index (χ2v) is 11.0. The molecule has 0 spiro atoms. The predicted molar refractivity (Wildman–Crippen MR) is 76.2 cm³/mol. The van der Waals surface area contributed by atoms with Gasteiger partial charge in [-0.3, -0.25) is 0 Å². The molecule has 3 nitrogen and oxygen atoms in total. The summed E-state index contributed by atoms with van der Waals surface area (Å²) in [7, 11) is -2.05. The van der Waals surface area contributed by atoms with Crippen molar-refractivity contribution >= 4 is 25.9 Å². The second-order valence-electron chi connectivity index (χ2n) is 5.81. The number of hydrogen-bond acceptors (Lipinski definition) is 2. The number of aromatic carboxylic acids is 1. The third kappa shape index (κ3) is 3.27. The van der Waals surface area contributed by atoms with Crippen LogP contribution in [0.15, 0.2) is 18.2 Å². The van der Waals surface area contributed by atoms with Crippen LogP contribution in [0.4, 0.5) is 0 Å². The number of carboxylic acid groups (broad SMARTS) is 1. The van der Waals surface area contributed by atoms with Crippen LogP contribution in [-0.4, -0.2) is 19.4 Å². The van der Waals surface area contributed by atoms with Crippen LogP contribution >= 0.6 is 11.6 Å². The number of hydrogen-bond donors (Lipinski definition) is 1. The molecule has 0 radical (unpaired) electrons. The first-order valence-electron chi connectivity index (χ1n) is 5.76. The lowest BCUT2D eigenvalue weighted by molar-refractivity contribution is 0.0694. The quantitative estimate of drug-likeness (QED) is 0.837. The molecule has 0 aliphatic carbocycles. The lowest BCUT2D eigenvalue weighted by atomic mass is 10.2. The van der Waals surface area contributed by atoms with Gasteiger partial charge in [0.25, 0.3) is 8.32 Å². The largest absolute Gasteiger partial charge is 0.543 e. The minimum absolute atomic E-state index is 0.0163. The highest BCUT2D eigenvalue weighted by Crippen LogP contribution is 2.38. The van der Waals surface area contributed by atoms with Gasteiger partial charge in [-0.25, -0.2) is 4.79 Å². The van der Waals surface area contributed by atoms with E-state index in [1.165, 1.54) is 6.07 Å². The third-order valence-corrected chi connectivity index (χ3v) is 7.92. The van der Waals surface area contributed by atoms with E-state index in [0.29, 0.717) is 10.8 Å². The fourth-order valence-electron chi connectivity index (χ4n) is 1.19. The summed E-state index contributed by atoms with van der Waals surface area (Å²) in [6.07, 6.45) is 0. The summed E-state index contributed by atoms with van der Waals surface area (Å²) in [6.45, 7) is 10.5. The first-order chi connectivity index (χ1) is 8.04. The minimum atomic E-state index is -2.05. The molecule has 5 heteroatoms. The van der Waals surface area contributed by atoms with Gasteiger partial charge in [0.15, 0.2) is 0 Å². The maximum Gasteiger partial charge on any atom is 0.339 e. The van der Waals surface area contributed by atoms with Crippen molar-refractivity contribution in [2.45, 2.75) is 38.9 Å². The summed E-state index contributed by atoms with van der Waals surface area (Å²) < 4.78 is 6.01. The number of halogens is 1. The summed E-state index contributed by atoms with van der Waals surface area (Å²) >= 11 is 5.81. The summed E-state index contributed by atoms with van der Waals surface area (Å²) in [5, 5.41) is 9.58. The maximum atomic E-state index is 11.2. The average Bonchev–Trinajstić information content (AvgIpc) is 2.18. The SMILES string of the molecule is CC(C)(C)[Si](C)(C)Oc1ccc(Cl)cc1C(=O)O. The van der Waals surface area contributed by atoms with Gasteiger partial charge in [0.2, 0.25) is 0 Å². The molecule has 0 fully saturated rings. The smallest absolute Gasteiger partial charge is 0.339 e. The topological polar surface area (TPSA) is 46.5 Å². The van der Waals surface area contributed by atoms with E-state index < -0.39 is 14.3 Å². The monoisotopic (exact) mass is 286 g/mol. The lowest BCUT2D eigenvalue weighted by Gasteiger charge is -2.36. The molecule has 1 N–H and O–H groups in total. The molecule has 0 aromatic heterocycles. The van der Waals surface area contributed by atoms with Crippen molar-refractivity contribution < 1.29 is 14.3 Å². The zero-order valence-electron chi connectivity index (χ0n) is 11.4. The van der Waals surface area contributed by atoms with Crippen molar-refractivity contribution in [2.24, 2.45) is 0 Å². The summed E-state index contributed by atoms with van der Waals surface area (Å²) in [5.74, 6) is -0.621. The van der Waals surface area contributed by atoms with Gasteiger partial charge in [0.1, 0.15) is 11.3 Å². The van der Waals surface area contributed by atoms with E-state index in [0.717, 1.165) is 0 Å². The Morgan fingerprint density at radius 3 is 2.33 bits per heavy atom. The van der Waals surface area contributed by atoms with Crippen LogP contribution in [-0.2, 0) is 0 Å². The Hall–Kier alpha value is -1.00. The first-order valence-corrected chi connectivity index (χ1v) is 9.05. The van der Waals surface area contributed by atoms with Gasteiger partial charge < -0.3 is 9.53 Å². The van der Waals surface area contributed by atoms with Crippen LogP contribution in [0.1, 0.15) is 31.1 Å². The molecule has 0 unspecified atom stereocenters. The van der Waals surface area contributed by atoms with E-state index in [2.05, 4.69) is 33.9 Å². The van der Waals surface area contributed by atoms with Gasteiger partial charge in [-0.05, 0) is 36.3 Å². The van der Waals surface area contributed by atoms with Crippen LogP contribution in [0.3, 0.4) is 0 Å². The Kier molecular flexibility index (Phi) is 4.13. The molecule has 1 rings (SSSR count). The van der Waals surface area contributed by atoms with Crippen LogP contribution in [0.2, 0.25) is 23.2 Å². The molecule has 0 saturated carbocycles. The molecule has 0 saturated heterocycles. The van der Waals surface area contributed by atoms with Crippen LogP contribution in [0, 0.1) is 0 Å². The molecule has 0 aliphatic heterocycles. The highest BCUT2D eigenvalue weighted by Gasteiger charge is 2.39. The highest BCUT2D eigenvalue weighted by atomic mass is 35.5. The number of benzene rings is 1. The van der Waals surface area contributed by atoms with Crippen molar-refractivity contribution in [3.05, 3.63) is 28.8 Å². The normalized spacial score (nSPS) is 12.3. The van der Waals surface area contributed by atoms with Gasteiger partial charge in [0.05, 0.1) is 0 Å². The molecule has 0 atom stereocenters. The molecule has 18 heavy (non-hydrogen) atoms. The summed E-state index contributed by atoms with van der Waals surface area (Å²) in [5.41, 5.74) is 0.118. The van der Waals surface area contributed by atoms with E-state index in [9.17, 15) is 4.79 Å². The lowest BCUT2D eigenvalue weighted by Crippen LogP contribution is -2.44. The van der Waals surface area contributed by atoms with Gasteiger partial charge in [0, 0.05) is 5.02 Å². The van der Waals surface area contributed by atoms with E-state index in [4.69, 9.17) is 21.1 Å². The molecule has 0 heterocycles. The standard InChI is InChI=1S/C13H19ClO3Si/c1-13(2,3)18(4,5)17-11-7-6-9(14)8-10(11)12(15)16/h6-8H,1-5H3,(H,15,16). The Morgan fingerprint density at radius 1 is 1.33 bits per heavy atom. The van der Waals surface area contributed by atoms with E-state index in [1.807, 2.05) is 0 Å². The van der Waals surface area contributed by atoms with Gasteiger partial charge >= 0.3 is 5.97 Å². The number of carboxylic acids is 1. The second kappa shape index (κ2) is 4.94. The van der Waals surface area contributed by atoms with Crippen molar-refractivity contribution in [3.63, 3.8) is 0 Å². The van der Waals surface area contributed by atoms with Crippen molar-refractivity contribution in [1.82, 2.24) is 0 Å². The molecule has 0 aliphatic rings. The first kappa shape index (κ1) is 15.1. The Bertz CT molecular complexity index is 464. The van der Waals surface area contributed by atoms with Crippen molar-refractivity contribution in [1.29, 1.82) is 0 Å². The average molecular weight is 287 g/mol. The van der Waals surface area contributed by atoms with Crippen LogP contribution < -0.4 is 4.43 Å². The van der Waals surface area contributed by atoms with Crippen molar-refractivity contribution in [3.8, 4) is 5.75 Å². The third-order valence-electron chi connectivity index (χ3n) is 3.34. The van der Waals surface area contributed by atoms with Crippen molar-refractivity contribution in [2.75, 3.05) is 0 Å². The Morgan fingerprint density at radius 2 is 1.89 bits per heavy atom. The molecule has 0 amide bonds. The number of rotatable bonds is 3. The fourth-order valence-corrected chi connectivity index (χ4v) is 2.39. The van der Waals surface area contributed by atoms with Crippen LogP contribution in [0.5, 0.6) is 5.75 Å². The van der Waals surface area contributed by atoms with Gasteiger partial charge in [-0.15, -0.1) is 0 Å². The van der Waals surface area contributed by atoms with E-state index >= 15 is 0 Å². The molecule has 1 aromatic carbocycles. The molecule has 100 valence electrons. The highest BCUT2D eigenvalue weighted by molar-refractivity contribution is 6.74. The summed E-state index contributed by atoms with van der Waals surface area (Å²) in [4.78, 5) is 11.2. The zero-order valence-corrected chi connectivity index (χ0v) is 13.1. The van der Waals surface area contributed by atoms with Gasteiger partial charge in [-0.1, -0.05) is 32.4 Å². The van der Waals surface area contributed by atoms with Gasteiger partial charge in [-0.2, -0.15) is 0 Å². The maximum absolute atomic E-state index is 11.2. The number of carbonyl (C=O) groups is 1. The molecule has 1 aromatic rings. The minimum Gasteiger partial charge on any atom is -0.543 e. The van der Waals surface area contributed by atoms with Crippen LogP contribution in [0.25, 0.3) is 0 Å². The van der Waals surface area contributed by atoms with E-state index in [-0.39, 0.29) is 10.6 Å². The fraction of sp³-hybridized carbons (Fsp3) is 0.462. The predicted octanol–water partition coefficient (Wildman–Crippen LogP) is 4.42. The van der Waals surface area contributed by atoms with E-state index in [1.54, 1.807) is 12.1 Å². The molecular formula is C13H19ClO3Si. The summed E-state index contributed by atoms with van der Waals surface area (Å²) in [6, 6.07) is 4.70. The Labute approximate surface area is 114 Å².